The quantitative estimate of drug-likeness (QED) is 0.906. The molecule has 23 heavy (non-hydrogen) atoms. The average molecular weight is 317 g/mol. The number of pyridine rings is 1. The molecule has 8 heteroatoms. The van der Waals surface area contributed by atoms with Crippen LogP contribution in [-0.2, 0) is 11.8 Å². The summed E-state index contributed by atoms with van der Waals surface area (Å²) in [5.41, 5.74) is 0.183. The number of nitrogens with zero attached hydrogens (tertiary/aromatic N) is 3. The third-order valence-electron chi connectivity index (χ3n) is 2.59. The van der Waals surface area contributed by atoms with Gasteiger partial charge in [0.1, 0.15) is 11.4 Å². The molecule has 2 heterocycles. The smallest absolute Gasteiger partial charge is 0.413 e. The van der Waals surface area contributed by atoms with E-state index in [4.69, 9.17) is 4.74 Å². The molecule has 2 rings (SSSR count). The molecule has 0 saturated heterocycles. The van der Waals surface area contributed by atoms with Crippen LogP contribution in [0.4, 0.5) is 16.3 Å². The minimum atomic E-state index is -0.613. The first-order valence-corrected chi connectivity index (χ1v) is 7.00. The van der Waals surface area contributed by atoms with Crippen LogP contribution < -0.4 is 10.6 Å². The lowest BCUT2D eigenvalue weighted by Gasteiger charge is -2.19. The molecule has 2 aromatic rings. The lowest BCUT2D eigenvalue weighted by Crippen LogP contribution is -2.27. The van der Waals surface area contributed by atoms with Crippen molar-refractivity contribution in [2.45, 2.75) is 26.4 Å². The highest BCUT2D eigenvalue weighted by atomic mass is 16.6. The molecule has 2 aromatic heterocycles. The minimum Gasteiger partial charge on any atom is -0.444 e. The standard InChI is InChI=1S/C15H19N5O3/c1-15(2,3)23-14(22)18-12-9-10(5-7-16-12)17-13(21)11-6-8-20(4)19-11/h5-9H,1-4H3,(H2,16,17,18,21,22). The van der Waals surface area contributed by atoms with Crippen LogP contribution in [0.25, 0.3) is 0 Å². The van der Waals surface area contributed by atoms with E-state index < -0.39 is 11.7 Å². The summed E-state index contributed by atoms with van der Waals surface area (Å²) in [6.45, 7) is 5.30. The van der Waals surface area contributed by atoms with Crippen molar-refractivity contribution in [3.8, 4) is 0 Å². The number of amides is 2. The van der Waals surface area contributed by atoms with Crippen LogP contribution in [0.2, 0.25) is 0 Å². The molecule has 0 bridgehead atoms. The van der Waals surface area contributed by atoms with Gasteiger partial charge >= 0.3 is 6.09 Å². The first kappa shape index (κ1) is 16.5. The van der Waals surface area contributed by atoms with Crippen LogP contribution in [0.3, 0.4) is 0 Å². The predicted octanol–water partition coefficient (Wildman–Crippen LogP) is 2.41. The summed E-state index contributed by atoms with van der Waals surface area (Å²) in [6.07, 6.45) is 2.54. The lowest BCUT2D eigenvalue weighted by molar-refractivity contribution is 0.0635. The Kier molecular flexibility index (Phi) is 4.63. The van der Waals surface area contributed by atoms with Crippen LogP contribution >= 0.6 is 0 Å². The monoisotopic (exact) mass is 317 g/mol. The zero-order valence-electron chi connectivity index (χ0n) is 13.5. The van der Waals surface area contributed by atoms with Gasteiger partial charge in [0.25, 0.3) is 5.91 Å². The van der Waals surface area contributed by atoms with Crippen molar-refractivity contribution in [3.05, 3.63) is 36.3 Å². The second kappa shape index (κ2) is 6.47. The van der Waals surface area contributed by atoms with E-state index in [1.54, 1.807) is 46.1 Å². The molecule has 0 unspecified atom stereocenters. The van der Waals surface area contributed by atoms with E-state index in [1.165, 1.54) is 16.9 Å². The van der Waals surface area contributed by atoms with Gasteiger partial charge < -0.3 is 10.1 Å². The number of hydrogen-bond donors (Lipinski definition) is 2. The lowest BCUT2D eigenvalue weighted by atomic mass is 10.2. The Bertz CT molecular complexity index is 718. The highest BCUT2D eigenvalue weighted by molar-refractivity contribution is 6.03. The average Bonchev–Trinajstić information content (AvgIpc) is 2.83. The maximum atomic E-state index is 12.0. The summed E-state index contributed by atoms with van der Waals surface area (Å²) in [5.74, 6) is -0.0712. The van der Waals surface area contributed by atoms with E-state index in [1.807, 2.05) is 0 Å². The van der Waals surface area contributed by atoms with Crippen molar-refractivity contribution in [3.63, 3.8) is 0 Å². The fraction of sp³-hybridized carbons (Fsp3) is 0.333. The van der Waals surface area contributed by atoms with Gasteiger partial charge in [-0.05, 0) is 32.9 Å². The highest BCUT2D eigenvalue weighted by Crippen LogP contribution is 2.15. The molecule has 2 amide bonds. The summed E-state index contributed by atoms with van der Waals surface area (Å²) in [5, 5.41) is 9.22. The topological polar surface area (TPSA) is 98.1 Å². The molecule has 0 aliphatic heterocycles. The predicted molar refractivity (Wildman–Crippen MR) is 85.3 cm³/mol. The first-order valence-electron chi connectivity index (χ1n) is 7.00. The van der Waals surface area contributed by atoms with Gasteiger partial charge in [-0.2, -0.15) is 5.10 Å². The minimum absolute atomic E-state index is 0.276. The summed E-state index contributed by atoms with van der Waals surface area (Å²) >= 11 is 0. The SMILES string of the molecule is Cn1ccc(C(=O)Nc2ccnc(NC(=O)OC(C)(C)C)c2)n1. The number of hydrogen-bond acceptors (Lipinski definition) is 5. The maximum Gasteiger partial charge on any atom is 0.413 e. The summed E-state index contributed by atoms with van der Waals surface area (Å²) in [4.78, 5) is 27.8. The van der Waals surface area contributed by atoms with E-state index in [-0.39, 0.29) is 11.7 Å². The zero-order chi connectivity index (χ0) is 17.0. The molecule has 0 aromatic carbocycles. The van der Waals surface area contributed by atoms with E-state index >= 15 is 0 Å². The van der Waals surface area contributed by atoms with Crippen LogP contribution in [0.5, 0.6) is 0 Å². The van der Waals surface area contributed by atoms with Gasteiger partial charge in [-0.1, -0.05) is 0 Å². The molecule has 0 radical (unpaired) electrons. The molecule has 0 atom stereocenters. The largest absolute Gasteiger partial charge is 0.444 e. The zero-order valence-corrected chi connectivity index (χ0v) is 13.5. The van der Waals surface area contributed by atoms with Gasteiger partial charge in [-0.15, -0.1) is 0 Å². The third kappa shape index (κ3) is 5.10. The maximum absolute atomic E-state index is 12.0. The molecule has 8 nitrogen and oxygen atoms in total. The fourth-order valence-corrected chi connectivity index (χ4v) is 1.72. The van der Waals surface area contributed by atoms with Crippen LogP contribution in [0.1, 0.15) is 31.3 Å². The van der Waals surface area contributed by atoms with Crippen molar-refractivity contribution in [2.75, 3.05) is 10.6 Å². The van der Waals surface area contributed by atoms with Crippen LogP contribution in [0, 0.1) is 0 Å². The van der Waals surface area contributed by atoms with Gasteiger partial charge in [-0.25, -0.2) is 9.78 Å². The molecule has 0 saturated carbocycles. The molecule has 0 aliphatic rings. The van der Waals surface area contributed by atoms with Crippen molar-refractivity contribution >= 4 is 23.5 Å². The normalized spacial score (nSPS) is 11.0. The Labute approximate surface area is 133 Å². The summed E-state index contributed by atoms with van der Waals surface area (Å²) in [6, 6.07) is 4.75. The first-order chi connectivity index (χ1) is 10.7. The number of carbonyl (C=O) groups excluding carboxylic acids is 2. The summed E-state index contributed by atoms with van der Waals surface area (Å²) < 4.78 is 6.68. The molecular weight excluding hydrogens is 298 g/mol. The molecule has 0 fully saturated rings. The van der Waals surface area contributed by atoms with Crippen LogP contribution in [-0.4, -0.2) is 32.4 Å². The van der Waals surface area contributed by atoms with Crippen molar-refractivity contribution in [2.24, 2.45) is 7.05 Å². The number of carbonyl (C=O) groups is 2. The number of aryl methyl sites for hydroxylation is 1. The van der Waals surface area contributed by atoms with E-state index in [2.05, 4.69) is 20.7 Å². The van der Waals surface area contributed by atoms with Gasteiger partial charge in [0.15, 0.2) is 5.69 Å². The Hall–Kier alpha value is -2.90. The molecule has 0 aliphatic carbocycles. The van der Waals surface area contributed by atoms with E-state index in [0.29, 0.717) is 11.4 Å². The van der Waals surface area contributed by atoms with Gasteiger partial charge in [0, 0.05) is 31.2 Å². The Morgan fingerprint density at radius 2 is 1.96 bits per heavy atom. The Balaban J connectivity index is 2.02. The highest BCUT2D eigenvalue weighted by Gasteiger charge is 2.17. The van der Waals surface area contributed by atoms with E-state index in [0.717, 1.165) is 0 Å². The Morgan fingerprint density at radius 1 is 1.22 bits per heavy atom. The fourth-order valence-electron chi connectivity index (χ4n) is 1.72. The van der Waals surface area contributed by atoms with E-state index in [9.17, 15) is 9.59 Å². The third-order valence-corrected chi connectivity index (χ3v) is 2.59. The second-order valence-corrected chi connectivity index (χ2v) is 5.89. The molecule has 2 N–H and O–H groups in total. The molecule has 122 valence electrons. The van der Waals surface area contributed by atoms with Crippen molar-refractivity contribution in [1.29, 1.82) is 0 Å². The molecular formula is C15H19N5O3. The molecule has 0 spiro atoms. The summed E-state index contributed by atoms with van der Waals surface area (Å²) in [7, 11) is 1.73. The van der Waals surface area contributed by atoms with Gasteiger partial charge in [-0.3, -0.25) is 14.8 Å². The van der Waals surface area contributed by atoms with Crippen LogP contribution in [0.15, 0.2) is 30.6 Å². The number of anilines is 2. The number of aromatic nitrogens is 3. The van der Waals surface area contributed by atoms with Gasteiger partial charge in [0.05, 0.1) is 0 Å². The second-order valence-electron chi connectivity index (χ2n) is 5.89. The van der Waals surface area contributed by atoms with Crippen molar-refractivity contribution < 1.29 is 14.3 Å². The Morgan fingerprint density at radius 3 is 2.57 bits per heavy atom. The van der Waals surface area contributed by atoms with Crippen molar-refractivity contribution in [1.82, 2.24) is 14.8 Å². The number of ether oxygens (including phenoxy) is 1. The van der Waals surface area contributed by atoms with Gasteiger partial charge in [0.2, 0.25) is 0 Å². The number of nitrogens with one attached hydrogen (secondary N) is 2. The number of rotatable bonds is 3.